The third-order valence-electron chi connectivity index (χ3n) is 7.43. The lowest BCUT2D eigenvalue weighted by Crippen LogP contribution is -2.41. The molecular formula is C28H30F3N5O4S. The Labute approximate surface area is 236 Å². The van der Waals surface area contributed by atoms with Crippen molar-refractivity contribution in [3.63, 3.8) is 0 Å². The summed E-state index contributed by atoms with van der Waals surface area (Å²) in [6, 6.07) is 12.1. The third-order valence-corrected chi connectivity index (χ3v) is 8.78. The third kappa shape index (κ3) is 5.81. The number of hydrogen-bond acceptors (Lipinski definition) is 7. The summed E-state index contributed by atoms with van der Waals surface area (Å²) in [5, 5.41) is 4.30. The van der Waals surface area contributed by atoms with Crippen molar-refractivity contribution >= 4 is 21.7 Å². The van der Waals surface area contributed by atoms with Crippen LogP contribution in [0.15, 0.2) is 71.3 Å². The van der Waals surface area contributed by atoms with Crippen LogP contribution >= 0.6 is 0 Å². The molecule has 41 heavy (non-hydrogen) atoms. The number of anilines is 1. The standard InChI is InChI=1S/C28H30F3N5O4S/c1-19-17-26(2,3)35(18-19)24-21(25(37)34-41(38,39)20-7-5-4-6-8-20)9-10-22(32-24)36-15-11-23(33-36)40-16-14-27(12-13-27)28(29,30)31/h4-11,15,17H,12-14,16,18H2,1-3H3,(H,34,37). The number of aromatic nitrogens is 3. The molecule has 13 heteroatoms. The van der Waals surface area contributed by atoms with Gasteiger partial charge in [-0.15, -0.1) is 5.10 Å². The molecule has 218 valence electrons. The van der Waals surface area contributed by atoms with E-state index in [0.717, 1.165) is 5.57 Å². The Bertz CT molecular complexity index is 1600. The number of sulfonamides is 1. The van der Waals surface area contributed by atoms with E-state index in [9.17, 15) is 26.4 Å². The van der Waals surface area contributed by atoms with Gasteiger partial charge in [0.15, 0.2) is 5.82 Å². The van der Waals surface area contributed by atoms with E-state index in [2.05, 4.69) is 14.8 Å². The second kappa shape index (κ2) is 10.2. The number of ether oxygens (including phenoxy) is 1. The summed E-state index contributed by atoms with van der Waals surface area (Å²) in [7, 11) is -4.13. The van der Waals surface area contributed by atoms with Crippen LogP contribution in [0.5, 0.6) is 5.88 Å². The highest BCUT2D eigenvalue weighted by molar-refractivity contribution is 7.90. The van der Waals surface area contributed by atoms with Crippen LogP contribution in [0.4, 0.5) is 19.0 Å². The van der Waals surface area contributed by atoms with Gasteiger partial charge in [-0.1, -0.05) is 29.8 Å². The molecule has 0 spiro atoms. The molecule has 1 amide bonds. The van der Waals surface area contributed by atoms with E-state index in [1.54, 1.807) is 24.4 Å². The number of pyridine rings is 1. The molecule has 0 saturated heterocycles. The van der Waals surface area contributed by atoms with E-state index in [1.165, 1.54) is 35.0 Å². The van der Waals surface area contributed by atoms with Crippen LogP contribution in [-0.4, -0.2) is 54.0 Å². The van der Waals surface area contributed by atoms with Gasteiger partial charge in [-0.3, -0.25) is 4.79 Å². The number of amides is 1. The van der Waals surface area contributed by atoms with Crippen molar-refractivity contribution in [1.82, 2.24) is 19.5 Å². The average molecular weight is 590 g/mol. The van der Waals surface area contributed by atoms with Gasteiger partial charge in [-0.2, -0.15) is 13.2 Å². The molecule has 3 heterocycles. The van der Waals surface area contributed by atoms with Gasteiger partial charge < -0.3 is 9.64 Å². The second-order valence-electron chi connectivity index (χ2n) is 11.0. The molecule has 1 N–H and O–H groups in total. The fourth-order valence-electron chi connectivity index (χ4n) is 5.00. The van der Waals surface area contributed by atoms with Crippen molar-refractivity contribution < 1.29 is 31.1 Å². The van der Waals surface area contributed by atoms with Crippen molar-refractivity contribution in [1.29, 1.82) is 0 Å². The van der Waals surface area contributed by atoms with Crippen molar-refractivity contribution in [2.24, 2.45) is 5.41 Å². The monoisotopic (exact) mass is 589 g/mol. The highest BCUT2D eigenvalue weighted by Crippen LogP contribution is 2.59. The molecule has 0 atom stereocenters. The molecular weight excluding hydrogens is 559 g/mol. The minimum absolute atomic E-state index is 0.0506. The van der Waals surface area contributed by atoms with Crippen LogP contribution in [0.3, 0.4) is 0 Å². The Morgan fingerprint density at radius 3 is 2.41 bits per heavy atom. The molecule has 1 aliphatic carbocycles. The van der Waals surface area contributed by atoms with E-state index in [0.29, 0.717) is 12.4 Å². The molecule has 0 unspecified atom stereocenters. The highest BCUT2D eigenvalue weighted by Gasteiger charge is 2.62. The molecule has 1 aliphatic heterocycles. The summed E-state index contributed by atoms with van der Waals surface area (Å²) in [5.41, 5.74) is -1.09. The number of nitrogens with one attached hydrogen (secondary N) is 1. The maximum Gasteiger partial charge on any atom is 0.394 e. The Morgan fingerprint density at radius 1 is 1.10 bits per heavy atom. The fraction of sp³-hybridized carbons (Fsp3) is 0.393. The quantitative estimate of drug-likeness (QED) is 0.349. The minimum Gasteiger partial charge on any atom is -0.477 e. The summed E-state index contributed by atoms with van der Waals surface area (Å²) >= 11 is 0. The molecule has 0 bridgehead atoms. The SMILES string of the molecule is CC1=CC(C)(C)N(c2nc(-n3ccc(OCCC4(C(F)(F)F)CC4)n3)ccc2C(=O)NS(=O)(=O)c2ccccc2)C1. The normalized spacial score (nSPS) is 17.7. The van der Waals surface area contributed by atoms with Gasteiger partial charge >= 0.3 is 6.18 Å². The first-order valence-corrected chi connectivity index (χ1v) is 14.5. The van der Waals surface area contributed by atoms with E-state index in [1.807, 2.05) is 31.7 Å². The fourth-order valence-corrected chi connectivity index (χ4v) is 5.99. The van der Waals surface area contributed by atoms with Crippen LogP contribution < -0.4 is 14.4 Å². The van der Waals surface area contributed by atoms with Gasteiger partial charge in [0, 0.05) is 18.8 Å². The Morgan fingerprint density at radius 2 is 1.80 bits per heavy atom. The highest BCUT2D eigenvalue weighted by atomic mass is 32.2. The second-order valence-corrected chi connectivity index (χ2v) is 12.7. The van der Waals surface area contributed by atoms with Crippen molar-refractivity contribution in [2.45, 2.75) is 56.6 Å². The molecule has 3 aromatic rings. The zero-order valence-electron chi connectivity index (χ0n) is 22.8. The number of carbonyl (C=O) groups is 1. The summed E-state index contributed by atoms with van der Waals surface area (Å²) in [6.45, 7) is 6.19. The Balaban J connectivity index is 1.40. The Kier molecular flexibility index (Phi) is 7.13. The predicted octanol–water partition coefficient (Wildman–Crippen LogP) is 5.04. The van der Waals surface area contributed by atoms with Crippen LogP contribution in [0, 0.1) is 5.41 Å². The Hall–Kier alpha value is -3.87. The van der Waals surface area contributed by atoms with E-state index in [4.69, 9.17) is 4.74 Å². The molecule has 2 aliphatic rings. The maximum atomic E-state index is 13.3. The van der Waals surface area contributed by atoms with Crippen LogP contribution in [0.2, 0.25) is 0 Å². The number of rotatable bonds is 9. The largest absolute Gasteiger partial charge is 0.477 e. The topological polar surface area (TPSA) is 106 Å². The van der Waals surface area contributed by atoms with Crippen molar-refractivity contribution in [3.05, 3.63) is 71.9 Å². The molecule has 1 aromatic carbocycles. The first-order chi connectivity index (χ1) is 19.2. The van der Waals surface area contributed by atoms with E-state index >= 15 is 0 Å². The lowest BCUT2D eigenvalue weighted by Gasteiger charge is -2.33. The lowest BCUT2D eigenvalue weighted by atomic mass is 10.0. The number of hydrogen-bond donors (Lipinski definition) is 1. The first-order valence-electron chi connectivity index (χ1n) is 13.1. The molecule has 9 nitrogen and oxygen atoms in total. The van der Waals surface area contributed by atoms with Gasteiger partial charge in [0.05, 0.1) is 28.0 Å². The number of nitrogens with zero attached hydrogens (tertiary/aromatic N) is 4. The van der Waals surface area contributed by atoms with E-state index < -0.39 is 33.1 Å². The smallest absolute Gasteiger partial charge is 0.394 e. The zero-order chi connectivity index (χ0) is 29.6. The van der Waals surface area contributed by atoms with Gasteiger partial charge in [0.2, 0.25) is 5.88 Å². The number of halogens is 3. The predicted molar refractivity (Wildman–Crippen MR) is 145 cm³/mol. The molecule has 1 fully saturated rings. The van der Waals surface area contributed by atoms with Crippen LogP contribution in [0.25, 0.3) is 5.82 Å². The minimum atomic E-state index is -4.25. The van der Waals surface area contributed by atoms with Crippen LogP contribution in [0.1, 0.15) is 50.4 Å². The first kappa shape index (κ1) is 28.7. The molecule has 5 rings (SSSR count). The number of carbonyl (C=O) groups excluding carboxylic acids is 1. The van der Waals surface area contributed by atoms with Crippen LogP contribution in [-0.2, 0) is 10.0 Å². The summed E-state index contributed by atoms with van der Waals surface area (Å²) < 4.78 is 74.4. The van der Waals surface area contributed by atoms with Gasteiger partial charge in [0.25, 0.3) is 15.9 Å². The van der Waals surface area contributed by atoms with Crippen molar-refractivity contribution in [3.8, 4) is 11.7 Å². The van der Waals surface area contributed by atoms with Gasteiger partial charge in [0.1, 0.15) is 5.82 Å². The maximum absolute atomic E-state index is 13.3. The average Bonchev–Trinajstić information content (AvgIpc) is 3.47. The van der Waals surface area contributed by atoms with E-state index in [-0.39, 0.29) is 48.0 Å². The summed E-state index contributed by atoms with van der Waals surface area (Å²) in [6.07, 6.45) is -0.587. The number of alkyl halides is 3. The van der Waals surface area contributed by atoms with Gasteiger partial charge in [-0.05, 0) is 64.3 Å². The molecule has 0 radical (unpaired) electrons. The summed E-state index contributed by atoms with van der Waals surface area (Å²) in [5.74, 6) is -0.140. The zero-order valence-corrected chi connectivity index (χ0v) is 23.6. The summed E-state index contributed by atoms with van der Waals surface area (Å²) in [4.78, 5) is 19.9. The van der Waals surface area contributed by atoms with Crippen molar-refractivity contribution in [2.75, 3.05) is 18.1 Å². The number of benzene rings is 1. The molecule has 2 aromatic heterocycles. The van der Waals surface area contributed by atoms with Gasteiger partial charge in [-0.25, -0.2) is 22.8 Å². The molecule has 1 saturated carbocycles. The lowest BCUT2D eigenvalue weighted by molar-refractivity contribution is -0.190.